The number of anilines is 2. The third-order valence-electron chi connectivity index (χ3n) is 10.9. The number of hydrogen-bond acceptors (Lipinski definition) is 13. The van der Waals surface area contributed by atoms with E-state index in [9.17, 15) is 35.8 Å². The SMILES string of the molecule is CN(c1ccccc1)c1ccc2c(-c3ccccc3S(=O)(=O)N3CCC(C(=O)ON4C(=O)CCC4=O)CC3)c3ccc(=[N+](C)c4ccc(S(=O)(=O)O)cc4)cc-3oc2c1.O=S(=O)=O.[Cl-]. The molecule has 0 radical (unpaired) electrons. The summed E-state index contributed by atoms with van der Waals surface area (Å²) in [5, 5.41) is 1.86. The fourth-order valence-corrected chi connectivity index (χ4v) is 9.71. The van der Waals surface area contributed by atoms with Crippen molar-refractivity contribution in [2.24, 2.45) is 5.92 Å². The van der Waals surface area contributed by atoms with Gasteiger partial charge in [0.2, 0.25) is 21.1 Å². The van der Waals surface area contributed by atoms with Crippen LogP contribution in [0.5, 0.6) is 0 Å². The summed E-state index contributed by atoms with van der Waals surface area (Å²) in [6, 6.07) is 33.6. The molecule has 2 amide bonds. The summed E-state index contributed by atoms with van der Waals surface area (Å²) in [7, 11) is -7.89. The molecule has 21 heteroatoms. The van der Waals surface area contributed by atoms with E-state index in [1.807, 2.05) is 83.3 Å². The highest BCUT2D eigenvalue weighted by molar-refractivity contribution is 7.89. The Morgan fingerprint density at radius 2 is 1.41 bits per heavy atom. The molecule has 4 aromatic carbocycles. The van der Waals surface area contributed by atoms with Crippen LogP contribution in [0.1, 0.15) is 25.7 Å². The van der Waals surface area contributed by atoms with Crippen LogP contribution in [-0.4, -0.2) is 88.4 Å². The molecule has 0 aromatic heterocycles. The van der Waals surface area contributed by atoms with Crippen molar-refractivity contribution < 1.29 is 70.1 Å². The summed E-state index contributed by atoms with van der Waals surface area (Å²) in [5.74, 6) is -2.14. The first-order chi connectivity index (χ1) is 29.9. The van der Waals surface area contributed by atoms with Crippen molar-refractivity contribution in [3.63, 3.8) is 0 Å². The number of piperidine rings is 1. The number of carbonyl (C=O) groups excluding carboxylic acids is 3. The van der Waals surface area contributed by atoms with E-state index in [1.165, 1.54) is 16.4 Å². The monoisotopic (exact) mass is 950 g/mol. The van der Waals surface area contributed by atoms with Gasteiger partial charge in [-0.25, -0.2) is 13.2 Å². The summed E-state index contributed by atoms with van der Waals surface area (Å²) in [6.45, 7) is 0.0278. The van der Waals surface area contributed by atoms with Crippen LogP contribution in [-0.2, 0) is 50.0 Å². The molecule has 2 saturated heterocycles. The maximum absolute atomic E-state index is 14.6. The Balaban J connectivity index is 0.00000131. The van der Waals surface area contributed by atoms with Crippen molar-refractivity contribution in [2.45, 2.75) is 35.5 Å². The molecular formula is C43H39ClN4O13S3. The van der Waals surface area contributed by atoms with Gasteiger partial charge >= 0.3 is 16.6 Å². The molecule has 1 N–H and O–H groups in total. The van der Waals surface area contributed by atoms with Crippen molar-refractivity contribution >= 4 is 76.6 Å². The lowest BCUT2D eigenvalue weighted by Crippen LogP contribution is -3.00. The quantitative estimate of drug-likeness (QED) is 0.0947. The van der Waals surface area contributed by atoms with Gasteiger partial charge in [-0.15, -0.1) is 17.7 Å². The van der Waals surface area contributed by atoms with Crippen molar-refractivity contribution in [1.82, 2.24) is 13.9 Å². The number of benzene rings is 5. The minimum absolute atomic E-state index is 0. The number of hydrogen-bond donors (Lipinski definition) is 1. The molecule has 64 heavy (non-hydrogen) atoms. The minimum Gasteiger partial charge on any atom is -1.00 e. The van der Waals surface area contributed by atoms with Crippen LogP contribution >= 0.6 is 0 Å². The van der Waals surface area contributed by atoms with Gasteiger partial charge in [0.15, 0.2) is 0 Å². The van der Waals surface area contributed by atoms with Crippen molar-refractivity contribution in [3.05, 3.63) is 121 Å². The number of hydroxylamine groups is 2. The highest BCUT2D eigenvalue weighted by atomic mass is 35.5. The number of carbonyl (C=O) groups is 3. The van der Waals surface area contributed by atoms with E-state index in [1.54, 1.807) is 43.4 Å². The Bertz CT molecular complexity index is 3140. The zero-order valence-electron chi connectivity index (χ0n) is 34.0. The molecule has 0 spiro atoms. The minimum atomic E-state index is -4.38. The van der Waals surface area contributed by atoms with E-state index < -0.39 is 54.5 Å². The molecule has 0 saturated carbocycles. The molecule has 334 valence electrons. The maximum atomic E-state index is 14.6. The van der Waals surface area contributed by atoms with E-state index in [2.05, 4.69) is 0 Å². The van der Waals surface area contributed by atoms with Gasteiger partial charge in [-0.1, -0.05) is 36.4 Å². The van der Waals surface area contributed by atoms with Crippen LogP contribution in [0.15, 0.2) is 129 Å². The summed E-state index contributed by atoms with van der Waals surface area (Å²) in [4.78, 5) is 43.9. The first kappa shape index (κ1) is 47.2. The molecule has 2 fully saturated rings. The number of para-hydroxylation sites is 1. The Labute approximate surface area is 375 Å². The zero-order chi connectivity index (χ0) is 45.2. The lowest BCUT2D eigenvalue weighted by Gasteiger charge is -2.31. The number of halogens is 1. The molecule has 4 aliphatic rings. The third-order valence-corrected chi connectivity index (χ3v) is 13.7. The Morgan fingerprint density at radius 3 is 2.03 bits per heavy atom. The average molecular weight is 951 g/mol. The van der Waals surface area contributed by atoms with Crippen molar-refractivity contribution in [1.29, 1.82) is 0 Å². The largest absolute Gasteiger partial charge is 1.00 e. The van der Waals surface area contributed by atoms with Gasteiger partial charge in [-0.3, -0.25) is 14.1 Å². The molecular weight excluding hydrogens is 912 g/mol. The van der Waals surface area contributed by atoms with Gasteiger partial charge in [-0.2, -0.15) is 17.3 Å². The van der Waals surface area contributed by atoms with E-state index in [-0.39, 0.29) is 61.0 Å². The third kappa shape index (κ3) is 9.91. The van der Waals surface area contributed by atoms with Crippen LogP contribution in [0.4, 0.5) is 17.1 Å². The Hall–Kier alpha value is -6.29. The highest BCUT2D eigenvalue weighted by Crippen LogP contribution is 2.44. The van der Waals surface area contributed by atoms with Gasteiger partial charge in [-0.05, 0) is 61.4 Å². The van der Waals surface area contributed by atoms with Gasteiger partial charge in [0.1, 0.15) is 18.4 Å². The van der Waals surface area contributed by atoms with Crippen LogP contribution < -0.4 is 27.2 Å². The Kier molecular flexibility index (Phi) is 14.2. The number of imide groups is 1. The lowest BCUT2D eigenvalue weighted by atomic mass is 9.93. The molecule has 17 nitrogen and oxygen atoms in total. The van der Waals surface area contributed by atoms with E-state index >= 15 is 0 Å². The number of rotatable bonds is 9. The zero-order valence-corrected chi connectivity index (χ0v) is 37.2. The average Bonchev–Trinajstić information content (AvgIpc) is 3.59. The Morgan fingerprint density at radius 1 is 0.797 bits per heavy atom. The van der Waals surface area contributed by atoms with Crippen molar-refractivity contribution in [3.8, 4) is 22.5 Å². The first-order valence-corrected chi connectivity index (χ1v) is 23.2. The fourth-order valence-electron chi connectivity index (χ4n) is 7.56. The van der Waals surface area contributed by atoms with E-state index in [4.69, 9.17) is 21.9 Å². The molecule has 8 rings (SSSR count). The van der Waals surface area contributed by atoms with Gasteiger partial charge in [0.25, 0.3) is 21.9 Å². The maximum Gasteiger partial charge on any atom is 0.425 e. The molecule has 0 unspecified atom stereocenters. The smallest absolute Gasteiger partial charge is 0.425 e. The summed E-state index contributed by atoms with van der Waals surface area (Å²) >= 11 is 0. The number of nitrogens with zero attached hydrogens (tertiary/aromatic N) is 4. The predicted molar refractivity (Wildman–Crippen MR) is 228 cm³/mol. The second-order valence-electron chi connectivity index (χ2n) is 14.6. The molecule has 0 atom stereocenters. The fraction of sp³-hybridized carbons (Fsp3) is 0.209. The number of fused-ring (bicyclic) bond motifs is 2. The van der Waals surface area contributed by atoms with Crippen LogP contribution in [0.3, 0.4) is 0 Å². The van der Waals surface area contributed by atoms with Crippen LogP contribution in [0.25, 0.3) is 33.4 Å². The molecule has 4 aromatic rings. The summed E-state index contributed by atoms with van der Waals surface area (Å²) < 4.78 is 97.2. The van der Waals surface area contributed by atoms with Crippen LogP contribution in [0.2, 0.25) is 0 Å². The normalized spacial score (nSPS) is 15.3. The highest BCUT2D eigenvalue weighted by Gasteiger charge is 2.38. The summed E-state index contributed by atoms with van der Waals surface area (Å²) in [6.07, 6.45) is 0.226. The summed E-state index contributed by atoms with van der Waals surface area (Å²) in [5.41, 5.74) is 4.60. The first-order valence-electron chi connectivity index (χ1n) is 19.3. The predicted octanol–water partition coefficient (Wildman–Crippen LogP) is 1.96. The van der Waals surface area contributed by atoms with Crippen LogP contribution in [0, 0.1) is 5.92 Å². The molecule has 1 aliphatic carbocycles. The molecule has 3 heterocycles. The van der Waals surface area contributed by atoms with E-state index in [0.29, 0.717) is 49.5 Å². The van der Waals surface area contributed by atoms with Gasteiger partial charge in [0.05, 0.1) is 21.8 Å². The standard InChI is InChI=1S/C43H38N4O10S2.ClH.O3S/c1-44(29-8-4-3-5-9-29)31-14-18-34-37(26-31)56-38-27-32(45(2)30-12-16-33(17-13-30)59(53,54)55)15-19-35(38)42(34)36-10-6-7-11-39(36)58(51,52)46-24-22-28(23-25-46)43(50)57-47-40(48)20-21-41(47)49;;1-4(2)3/h3-19,26-28H,20-25H2,1-2H3;1H;. The number of amides is 2. The number of sulfonamides is 1. The molecule has 3 aliphatic heterocycles. The second kappa shape index (κ2) is 19.2. The van der Waals surface area contributed by atoms with Crippen molar-refractivity contribution in [2.75, 3.05) is 32.1 Å². The lowest BCUT2D eigenvalue weighted by molar-refractivity contribution is -0.201. The van der Waals surface area contributed by atoms with E-state index in [0.717, 1.165) is 11.4 Å². The molecule has 0 bridgehead atoms. The second-order valence-corrected chi connectivity index (χ2v) is 18.4. The van der Waals surface area contributed by atoms with Gasteiger partial charge in [0, 0.05) is 90.7 Å². The topological polar surface area (TPSA) is 226 Å². The van der Waals surface area contributed by atoms with Gasteiger partial charge < -0.3 is 26.6 Å².